The lowest BCUT2D eigenvalue weighted by Crippen LogP contribution is -2.68. The number of carboxylic acids is 1. The fraction of sp³-hybridized carbons (Fsp3) is 0.926. The second-order valence-electron chi connectivity index (χ2n) is 26.3. The molecule has 440 valence electrons. The molecule has 1 amide bonds. The minimum atomic E-state index is -1.90. The van der Waals surface area contributed by atoms with E-state index in [1.54, 1.807) is 0 Å². The Morgan fingerprint density at radius 3 is 1.99 bits per heavy atom. The number of carbonyl (C=O) groups is 2. The van der Waals surface area contributed by atoms with Crippen molar-refractivity contribution in [1.82, 2.24) is 5.32 Å². The summed E-state index contributed by atoms with van der Waals surface area (Å²) in [7, 11) is 0. The van der Waals surface area contributed by atoms with Crippen LogP contribution in [0, 0.1) is 50.2 Å². The summed E-state index contributed by atoms with van der Waals surface area (Å²) in [4.78, 5) is 25.9. The number of hydrogen-bond donors (Lipinski definition) is 13. The number of allylic oxidation sites excluding steroid dienone is 2. The van der Waals surface area contributed by atoms with Gasteiger partial charge in [-0.2, -0.15) is 0 Å². The number of aliphatic hydroxyl groups is 11. The Kier molecular flexibility index (Phi) is 16.7. The molecule has 5 aliphatic carbocycles. The maximum Gasteiger partial charge on any atom is 0.312 e. The van der Waals surface area contributed by atoms with Crippen molar-refractivity contribution in [2.24, 2.45) is 50.2 Å². The first-order valence-corrected chi connectivity index (χ1v) is 27.7. The van der Waals surface area contributed by atoms with Gasteiger partial charge >= 0.3 is 5.97 Å². The van der Waals surface area contributed by atoms with E-state index in [4.69, 9.17) is 37.9 Å². The average Bonchev–Trinajstić information content (AvgIpc) is 3.37. The fourth-order valence-corrected chi connectivity index (χ4v) is 16.5. The topological polar surface area (TPSA) is 363 Å². The van der Waals surface area contributed by atoms with E-state index in [9.17, 15) is 70.9 Å². The summed E-state index contributed by atoms with van der Waals surface area (Å²) in [6.45, 7) is 14.8. The maximum atomic E-state index is 13.2. The molecule has 27 atom stereocenters. The molecule has 9 aliphatic rings. The molecule has 0 aromatic rings. The Balaban J connectivity index is 0.896. The average molecular weight is 1100 g/mol. The lowest BCUT2D eigenvalue weighted by molar-refractivity contribution is -0.371. The molecule has 23 nitrogen and oxygen atoms in total. The van der Waals surface area contributed by atoms with E-state index in [-0.39, 0.29) is 34.0 Å². The van der Waals surface area contributed by atoms with Crippen molar-refractivity contribution in [3.8, 4) is 0 Å². The van der Waals surface area contributed by atoms with Crippen LogP contribution in [0.2, 0.25) is 0 Å². The van der Waals surface area contributed by atoms with Crippen LogP contribution in [0.4, 0.5) is 0 Å². The summed E-state index contributed by atoms with van der Waals surface area (Å²) in [5, 5.41) is 134. The second kappa shape index (κ2) is 21.6. The molecule has 0 radical (unpaired) electrons. The van der Waals surface area contributed by atoms with Gasteiger partial charge < -0.3 is 104 Å². The van der Waals surface area contributed by atoms with Crippen LogP contribution >= 0.6 is 0 Å². The highest BCUT2D eigenvalue weighted by atomic mass is 16.8. The Bertz CT molecular complexity index is 2170. The minimum absolute atomic E-state index is 0.0672. The first-order valence-electron chi connectivity index (χ1n) is 27.7. The molecule has 77 heavy (non-hydrogen) atoms. The molecule has 4 heterocycles. The Morgan fingerprint density at radius 2 is 1.31 bits per heavy atom. The zero-order chi connectivity index (χ0) is 56.3. The third-order valence-corrected chi connectivity index (χ3v) is 21.1. The van der Waals surface area contributed by atoms with Crippen molar-refractivity contribution in [2.75, 3.05) is 26.4 Å². The van der Waals surface area contributed by atoms with Gasteiger partial charge in [-0.25, -0.2) is 0 Å². The van der Waals surface area contributed by atoms with E-state index in [0.29, 0.717) is 25.7 Å². The van der Waals surface area contributed by atoms with Gasteiger partial charge in [0.15, 0.2) is 25.2 Å². The van der Waals surface area contributed by atoms with Crippen molar-refractivity contribution in [1.29, 1.82) is 0 Å². The molecule has 0 unspecified atom stereocenters. The standard InChI is InChI=1S/C54H87NO22/c1-23(57)55-34-38(64)37(63)29(22-72-47-43(35(61)26(58)20-71-47)77-45-41(67)42(27(59)21-70-45)76-46-40(66)39(65)36(62)28(19-56)73-46)74-44(34)75-33-12-13-51(6)30(50(33,4)5)11-14-52(7)31(51)10-9-24-25-17-49(2,3)15-16-54(25,48(68)69)32(60)18-53(24,52)8/h9,25-47,56,58-67H,10-22H2,1-8H3,(H,55,57)(H,68,69)/t25-,26-,27-,28+,29+,30-,31+,32+,33-,34+,35-,36+,37+,38+,39-,40+,41+,42-,43+,44-,45-,46-,47-,51-,52+,53+,54+/m0/s1. The third-order valence-electron chi connectivity index (χ3n) is 21.1. The monoisotopic (exact) mass is 1100 g/mol. The van der Waals surface area contributed by atoms with Crippen LogP contribution < -0.4 is 5.32 Å². The molecule has 8 fully saturated rings. The third kappa shape index (κ3) is 9.96. The number of carbonyl (C=O) groups excluding carboxylic acids is 1. The van der Waals surface area contributed by atoms with Crippen molar-refractivity contribution in [3.05, 3.63) is 11.6 Å². The number of fused-ring (bicyclic) bond motifs is 7. The van der Waals surface area contributed by atoms with Crippen molar-refractivity contribution >= 4 is 11.9 Å². The van der Waals surface area contributed by atoms with E-state index < -0.39 is 177 Å². The number of rotatable bonds is 12. The van der Waals surface area contributed by atoms with E-state index >= 15 is 0 Å². The van der Waals surface area contributed by atoms with E-state index in [1.165, 1.54) is 12.5 Å². The van der Waals surface area contributed by atoms with Crippen LogP contribution in [0.1, 0.15) is 113 Å². The van der Waals surface area contributed by atoms with Crippen molar-refractivity contribution in [2.45, 2.75) is 236 Å². The van der Waals surface area contributed by atoms with Crippen LogP contribution in [0.3, 0.4) is 0 Å². The van der Waals surface area contributed by atoms with Gasteiger partial charge in [-0.1, -0.05) is 60.1 Å². The quantitative estimate of drug-likeness (QED) is 0.0817. The number of ether oxygens (including phenoxy) is 8. The summed E-state index contributed by atoms with van der Waals surface area (Å²) in [5.74, 6) is -1.37. The molecule has 0 aromatic heterocycles. The highest BCUT2D eigenvalue weighted by Gasteiger charge is 2.72. The summed E-state index contributed by atoms with van der Waals surface area (Å²) in [5.41, 5.74) is -1.48. The number of aliphatic hydroxyl groups excluding tert-OH is 11. The van der Waals surface area contributed by atoms with Gasteiger partial charge in [0.25, 0.3) is 0 Å². The van der Waals surface area contributed by atoms with Gasteiger partial charge in [0.1, 0.15) is 90.8 Å². The predicted octanol–water partition coefficient (Wildman–Crippen LogP) is -1.08. The lowest BCUT2D eigenvalue weighted by Gasteiger charge is -2.71. The van der Waals surface area contributed by atoms with Gasteiger partial charge in [-0.15, -0.1) is 0 Å². The normalized spacial score (nSPS) is 52.4. The molecule has 13 N–H and O–H groups in total. The van der Waals surface area contributed by atoms with E-state index in [1.807, 2.05) is 0 Å². The zero-order valence-corrected chi connectivity index (χ0v) is 45.5. The Hall–Kier alpha value is -2.08. The molecule has 0 spiro atoms. The highest BCUT2D eigenvalue weighted by molar-refractivity contribution is 5.77. The molecular formula is C54H87NO22. The largest absolute Gasteiger partial charge is 0.481 e. The van der Waals surface area contributed by atoms with Crippen LogP contribution in [0.25, 0.3) is 0 Å². The molecule has 4 saturated carbocycles. The smallest absolute Gasteiger partial charge is 0.312 e. The van der Waals surface area contributed by atoms with Crippen LogP contribution in [-0.4, -0.2) is 222 Å². The van der Waals surface area contributed by atoms with Crippen LogP contribution in [-0.2, 0) is 47.5 Å². The van der Waals surface area contributed by atoms with E-state index in [2.05, 4.69) is 59.9 Å². The molecule has 23 heteroatoms. The number of hydrogen-bond acceptors (Lipinski definition) is 21. The number of carboxylic acid groups (broad SMARTS) is 1. The first kappa shape index (κ1) is 59.5. The van der Waals surface area contributed by atoms with Gasteiger partial charge in [0.2, 0.25) is 5.91 Å². The summed E-state index contributed by atoms with van der Waals surface area (Å²) in [6.07, 6.45) is -20.8. The molecule has 4 saturated heterocycles. The maximum absolute atomic E-state index is 13.2. The number of amides is 1. The lowest BCUT2D eigenvalue weighted by atomic mass is 9.33. The fourth-order valence-electron chi connectivity index (χ4n) is 16.5. The summed E-state index contributed by atoms with van der Waals surface area (Å²) < 4.78 is 47.8. The molecule has 0 aromatic carbocycles. The van der Waals surface area contributed by atoms with Crippen LogP contribution in [0.5, 0.6) is 0 Å². The molecular weight excluding hydrogens is 1010 g/mol. The Morgan fingerprint density at radius 1 is 0.662 bits per heavy atom. The van der Waals surface area contributed by atoms with Crippen molar-refractivity contribution in [3.63, 3.8) is 0 Å². The minimum Gasteiger partial charge on any atom is -0.481 e. The van der Waals surface area contributed by atoms with Crippen LogP contribution in [0.15, 0.2) is 11.6 Å². The van der Waals surface area contributed by atoms with Gasteiger partial charge in [-0.3, -0.25) is 9.59 Å². The molecule has 4 aliphatic heterocycles. The first-order chi connectivity index (χ1) is 36.0. The second-order valence-corrected chi connectivity index (χ2v) is 26.3. The van der Waals surface area contributed by atoms with Gasteiger partial charge in [0, 0.05) is 6.92 Å². The molecule has 9 rings (SSSR count). The number of aliphatic carboxylic acids is 1. The van der Waals surface area contributed by atoms with Crippen molar-refractivity contribution < 1.29 is 109 Å². The number of nitrogens with one attached hydrogen (secondary N) is 1. The molecule has 0 bridgehead atoms. The van der Waals surface area contributed by atoms with E-state index in [0.717, 1.165) is 32.1 Å². The predicted molar refractivity (Wildman–Crippen MR) is 264 cm³/mol. The summed E-state index contributed by atoms with van der Waals surface area (Å²) in [6, 6.07) is -1.22. The highest BCUT2D eigenvalue weighted by Crippen LogP contribution is 2.76. The SMILES string of the molecule is CC(=O)N[C@H]1[C@H](O[C@H]2CC[C@]3(C)[C@H]4CC=C5[C@@H]6CC(C)(C)CC[C@]6(C(=O)O)[C@H](O)C[C@@]5(C)[C@]4(C)CC[C@H]3C2(C)C)O[C@H](CO[C@@H]2OC[C@H](O)[C@H](O)[C@H]2O[C@@H]2OC[C@H](O)[C@H](O[C@@H]3O[C@H](CO)[C@@H](O)[C@H](O)[C@H]3O)[C@H]2O)[C@@H](O)[C@@H]1O. The summed E-state index contributed by atoms with van der Waals surface area (Å²) >= 11 is 0. The van der Waals surface area contributed by atoms with Gasteiger partial charge in [-0.05, 0) is 103 Å². The zero-order valence-electron chi connectivity index (χ0n) is 45.5. The Labute approximate surface area is 449 Å². The van der Waals surface area contributed by atoms with Gasteiger partial charge in [0.05, 0.1) is 38.6 Å².